The number of aryl methyl sites for hydroxylation is 1. The highest BCUT2D eigenvalue weighted by Crippen LogP contribution is 2.37. The van der Waals surface area contributed by atoms with E-state index in [9.17, 15) is 14.9 Å². The summed E-state index contributed by atoms with van der Waals surface area (Å²) in [5.41, 5.74) is 2.42. The van der Waals surface area contributed by atoms with E-state index in [1.807, 2.05) is 24.0 Å². The first kappa shape index (κ1) is 26.8. The van der Waals surface area contributed by atoms with Crippen molar-refractivity contribution in [3.8, 4) is 5.75 Å². The maximum Gasteiger partial charge on any atom is 0.293 e. The monoisotopic (exact) mass is 527 g/mol. The van der Waals surface area contributed by atoms with Crippen molar-refractivity contribution in [1.82, 2.24) is 9.88 Å². The van der Waals surface area contributed by atoms with Gasteiger partial charge in [0.15, 0.2) is 5.13 Å². The van der Waals surface area contributed by atoms with Gasteiger partial charge >= 0.3 is 0 Å². The molecule has 11 heteroatoms. The molecule has 0 atom stereocenters. The van der Waals surface area contributed by atoms with Crippen LogP contribution in [0.1, 0.15) is 29.8 Å². The number of anilines is 2. The number of aromatic nitrogens is 1. The number of carbonyl (C=O) groups is 1. The van der Waals surface area contributed by atoms with E-state index in [1.54, 1.807) is 24.1 Å². The molecule has 2 aromatic carbocycles. The zero-order valence-corrected chi connectivity index (χ0v) is 22.5. The molecule has 0 radical (unpaired) electrons. The second-order valence-corrected chi connectivity index (χ2v) is 9.78. The normalized spacial score (nSPS) is 13.8. The first-order valence-corrected chi connectivity index (χ1v) is 13.3. The van der Waals surface area contributed by atoms with Crippen LogP contribution in [0, 0.1) is 17.0 Å². The van der Waals surface area contributed by atoms with Crippen LogP contribution in [0.25, 0.3) is 10.2 Å². The summed E-state index contributed by atoms with van der Waals surface area (Å²) in [7, 11) is 1.60. The van der Waals surface area contributed by atoms with Crippen LogP contribution in [-0.2, 0) is 4.74 Å². The second kappa shape index (κ2) is 11.8. The Morgan fingerprint density at radius 1 is 1.19 bits per heavy atom. The molecule has 0 unspecified atom stereocenters. The highest BCUT2D eigenvalue weighted by atomic mass is 32.1. The fraction of sp³-hybridized carbons (Fsp3) is 0.462. The Kier molecular flexibility index (Phi) is 8.57. The molecule has 2 heterocycles. The maximum atomic E-state index is 13.9. The maximum absolute atomic E-state index is 13.9. The molecule has 10 nitrogen and oxygen atoms in total. The minimum atomic E-state index is -0.423. The van der Waals surface area contributed by atoms with E-state index in [4.69, 9.17) is 14.5 Å². The lowest BCUT2D eigenvalue weighted by Gasteiger charge is -2.29. The van der Waals surface area contributed by atoms with Gasteiger partial charge in [0.1, 0.15) is 17.0 Å². The van der Waals surface area contributed by atoms with Gasteiger partial charge in [-0.15, -0.1) is 0 Å². The molecule has 1 aliphatic heterocycles. The molecular formula is C26H33N5O5S. The number of nitro groups is 1. The number of carbonyl (C=O) groups excluding carboxylic acids is 1. The van der Waals surface area contributed by atoms with Crippen molar-refractivity contribution in [1.29, 1.82) is 0 Å². The van der Waals surface area contributed by atoms with E-state index < -0.39 is 4.92 Å². The van der Waals surface area contributed by atoms with Gasteiger partial charge in [0.2, 0.25) is 0 Å². The molecule has 4 rings (SSSR count). The highest BCUT2D eigenvalue weighted by molar-refractivity contribution is 7.22. The number of morpholine rings is 1. The van der Waals surface area contributed by atoms with Gasteiger partial charge in [-0.3, -0.25) is 19.8 Å². The summed E-state index contributed by atoms with van der Waals surface area (Å²) in [6, 6.07) is 8.57. The van der Waals surface area contributed by atoms with E-state index >= 15 is 0 Å². The lowest BCUT2D eigenvalue weighted by molar-refractivity contribution is -0.384. The zero-order valence-electron chi connectivity index (χ0n) is 21.7. The Morgan fingerprint density at radius 3 is 2.57 bits per heavy atom. The lowest BCUT2D eigenvalue weighted by Crippen LogP contribution is -2.39. The molecular weight excluding hydrogens is 494 g/mol. The summed E-state index contributed by atoms with van der Waals surface area (Å²) >= 11 is 1.43. The number of nitro benzene ring substituents is 1. The van der Waals surface area contributed by atoms with Gasteiger partial charge in [-0.2, -0.15) is 0 Å². The lowest BCUT2D eigenvalue weighted by atomic mass is 10.1. The minimum absolute atomic E-state index is 0.0849. The summed E-state index contributed by atoms with van der Waals surface area (Å²) < 4.78 is 11.8. The fourth-order valence-electron chi connectivity index (χ4n) is 4.47. The molecule has 37 heavy (non-hydrogen) atoms. The third-order valence-corrected chi connectivity index (χ3v) is 7.91. The van der Waals surface area contributed by atoms with Crippen molar-refractivity contribution >= 4 is 44.0 Å². The number of likely N-dealkylation sites (N-methyl/N-ethyl adjacent to an activating group) is 1. The predicted molar refractivity (Wildman–Crippen MR) is 147 cm³/mol. The smallest absolute Gasteiger partial charge is 0.293 e. The van der Waals surface area contributed by atoms with Crippen molar-refractivity contribution in [2.24, 2.45) is 0 Å². The Bertz CT molecular complexity index is 1270. The minimum Gasteiger partial charge on any atom is -0.494 e. The number of hydrogen-bond donors (Lipinski definition) is 0. The molecule has 1 aliphatic rings. The molecule has 1 amide bonds. The third-order valence-electron chi connectivity index (χ3n) is 6.69. The first-order valence-electron chi connectivity index (χ1n) is 12.5. The van der Waals surface area contributed by atoms with Crippen LogP contribution in [0.15, 0.2) is 30.3 Å². The summed E-state index contributed by atoms with van der Waals surface area (Å²) in [5.74, 6) is 0.323. The number of methoxy groups -OCH3 is 1. The van der Waals surface area contributed by atoms with Crippen LogP contribution in [0.3, 0.4) is 0 Å². The number of ether oxygens (including phenoxy) is 2. The van der Waals surface area contributed by atoms with Crippen molar-refractivity contribution < 1.29 is 19.2 Å². The molecule has 0 aliphatic carbocycles. The Hall–Kier alpha value is -3.28. The van der Waals surface area contributed by atoms with Gasteiger partial charge in [-0.1, -0.05) is 31.3 Å². The van der Waals surface area contributed by atoms with Crippen LogP contribution in [-0.4, -0.2) is 80.3 Å². The van der Waals surface area contributed by atoms with Crippen LogP contribution in [0.4, 0.5) is 16.5 Å². The summed E-state index contributed by atoms with van der Waals surface area (Å²) in [6.45, 7) is 11.1. The zero-order chi connectivity index (χ0) is 26.5. The average molecular weight is 528 g/mol. The van der Waals surface area contributed by atoms with Crippen molar-refractivity contribution in [2.75, 3.05) is 69.4 Å². The number of amides is 1. The van der Waals surface area contributed by atoms with Crippen LogP contribution in [0.2, 0.25) is 0 Å². The first-order chi connectivity index (χ1) is 17.9. The van der Waals surface area contributed by atoms with Gasteiger partial charge in [-0.05, 0) is 43.8 Å². The fourth-order valence-corrected chi connectivity index (χ4v) is 5.55. The van der Waals surface area contributed by atoms with Crippen LogP contribution in [0.5, 0.6) is 5.75 Å². The molecule has 0 spiro atoms. The van der Waals surface area contributed by atoms with E-state index in [0.29, 0.717) is 61.5 Å². The molecule has 1 aromatic heterocycles. The largest absolute Gasteiger partial charge is 0.494 e. The topological polar surface area (TPSA) is 101 Å². The van der Waals surface area contributed by atoms with E-state index in [1.165, 1.54) is 17.4 Å². The average Bonchev–Trinajstić information content (AvgIpc) is 3.37. The van der Waals surface area contributed by atoms with Gasteiger partial charge in [0, 0.05) is 37.8 Å². The van der Waals surface area contributed by atoms with Gasteiger partial charge in [0.05, 0.1) is 29.9 Å². The van der Waals surface area contributed by atoms with E-state index in [0.717, 1.165) is 23.4 Å². The standard InChI is InChI=1S/C26H33N5O5S/c1-5-28(6-2)11-12-30(26-27-23-22(35-4)10-7-18(3)24(23)37-26)25(32)19-8-9-20(21(17-19)31(33)34)29-13-15-36-16-14-29/h7-10,17H,5-6,11-16H2,1-4H3. The molecule has 1 fully saturated rings. The quantitative estimate of drug-likeness (QED) is 0.283. The second-order valence-electron chi connectivity index (χ2n) is 8.80. The molecule has 0 saturated carbocycles. The van der Waals surface area contributed by atoms with Crippen molar-refractivity contribution in [2.45, 2.75) is 20.8 Å². The Morgan fingerprint density at radius 2 is 1.92 bits per heavy atom. The van der Waals surface area contributed by atoms with E-state index in [2.05, 4.69) is 18.7 Å². The van der Waals surface area contributed by atoms with Gasteiger partial charge < -0.3 is 19.3 Å². The van der Waals surface area contributed by atoms with Crippen molar-refractivity contribution in [3.63, 3.8) is 0 Å². The number of rotatable bonds is 10. The number of thiazole rings is 1. The number of benzene rings is 2. The number of hydrogen-bond acceptors (Lipinski definition) is 9. The van der Waals surface area contributed by atoms with Crippen molar-refractivity contribution in [3.05, 3.63) is 51.6 Å². The molecule has 3 aromatic rings. The Balaban J connectivity index is 1.74. The molecule has 1 saturated heterocycles. The number of nitrogens with zero attached hydrogens (tertiary/aromatic N) is 5. The molecule has 198 valence electrons. The number of fused-ring (bicyclic) bond motifs is 1. The van der Waals surface area contributed by atoms with Crippen LogP contribution >= 0.6 is 11.3 Å². The SMILES string of the molecule is CCN(CC)CCN(C(=O)c1ccc(N2CCOCC2)c([N+](=O)[O-])c1)c1nc2c(OC)ccc(C)c2s1. The van der Waals surface area contributed by atoms with E-state index in [-0.39, 0.29) is 17.2 Å². The molecule has 0 bridgehead atoms. The summed E-state index contributed by atoms with van der Waals surface area (Å²) in [5, 5.41) is 12.5. The Labute approximate surface area is 220 Å². The van der Waals surface area contributed by atoms with Gasteiger partial charge in [-0.25, -0.2) is 4.98 Å². The van der Waals surface area contributed by atoms with Crippen LogP contribution < -0.4 is 14.5 Å². The summed E-state index contributed by atoms with van der Waals surface area (Å²) in [6.07, 6.45) is 0. The third kappa shape index (κ3) is 5.68. The predicted octanol–water partition coefficient (Wildman–Crippen LogP) is 4.35. The highest BCUT2D eigenvalue weighted by Gasteiger charge is 2.27. The van der Waals surface area contributed by atoms with Gasteiger partial charge in [0.25, 0.3) is 11.6 Å². The summed E-state index contributed by atoms with van der Waals surface area (Å²) in [4.78, 5) is 36.0. The molecule has 0 N–H and O–H groups in total.